The number of carbonyl (C=O) groups excluding carboxylic acids is 1. The number of nitrogens with one attached hydrogen (secondary N) is 1. The number of furan rings is 1. The molecule has 0 radical (unpaired) electrons. The van der Waals surface area contributed by atoms with Crippen molar-refractivity contribution in [2.45, 2.75) is 13.5 Å². The summed E-state index contributed by atoms with van der Waals surface area (Å²) in [5.74, 6) is 1.48. The van der Waals surface area contributed by atoms with Gasteiger partial charge in [0.05, 0.1) is 6.54 Å². The first-order valence-corrected chi connectivity index (χ1v) is 3.84. The average molecular weight is 184 g/mol. The summed E-state index contributed by atoms with van der Waals surface area (Å²) in [6.07, 6.45) is 0. The van der Waals surface area contributed by atoms with Crippen molar-refractivity contribution >= 4 is 6.03 Å². The number of hydroxylamine groups is 1. The second kappa shape index (κ2) is 3.95. The number of rotatable bonds is 2. The van der Waals surface area contributed by atoms with Gasteiger partial charge in [-0.15, -0.1) is 0 Å². The van der Waals surface area contributed by atoms with Gasteiger partial charge in [-0.2, -0.15) is 0 Å². The molecule has 0 atom stereocenters. The molecule has 0 saturated carbocycles. The Hall–Kier alpha value is -1.49. The molecule has 0 spiro atoms. The molecule has 72 valence electrons. The van der Waals surface area contributed by atoms with E-state index in [9.17, 15) is 4.79 Å². The summed E-state index contributed by atoms with van der Waals surface area (Å²) in [6.45, 7) is 2.16. The zero-order chi connectivity index (χ0) is 9.84. The Bertz CT molecular complexity index is 295. The number of hydrogen-bond donors (Lipinski definition) is 2. The van der Waals surface area contributed by atoms with E-state index >= 15 is 0 Å². The molecule has 0 unspecified atom stereocenters. The van der Waals surface area contributed by atoms with Crippen LogP contribution in [0.1, 0.15) is 11.5 Å². The molecule has 1 rings (SSSR count). The van der Waals surface area contributed by atoms with Crippen molar-refractivity contribution in [2.24, 2.45) is 0 Å². The number of urea groups is 1. The van der Waals surface area contributed by atoms with Crippen LogP contribution in [0, 0.1) is 6.92 Å². The Morgan fingerprint density at radius 2 is 2.38 bits per heavy atom. The third-order valence-corrected chi connectivity index (χ3v) is 1.63. The maximum atomic E-state index is 10.8. The van der Waals surface area contributed by atoms with Crippen LogP contribution in [0.5, 0.6) is 0 Å². The summed E-state index contributed by atoms with van der Waals surface area (Å²) in [6, 6.07) is 3.05. The van der Waals surface area contributed by atoms with E-state index in [1.54, 1.807) is 13.1 Å². The van der Waals surface area contributed by atoms with E-state index in [0.717, 1.165) is 5.76 Å². The highest BCUT2D eigenvalue weighted by atomic mass is 16.5. The smallest absolute Gasteiger partial charge is 0.341 e. The molecule has 1 heterocycles. The largest absolute Gasteiger partial charge is 0.464 e. The van der Waals surface area contributed by atoms with E-state index in [2.05, 4.69) is 0 Å². The third-order valence-electron chi connectivity index (χ3n) is 1.63. The van der Waals surface area contributed by atoms with Crippen molar-refractivity contribution in [3.8, 4) is 0 Å². The molecule has 5 heteroatoms. The Kier molecular flexibility index (Phi) is 2.92. The lowest BCUT2D eigenvalue weighted by atomic mass is 10.4. The molecule has 1 aromatic heterocycles. The number of amides is 2. The van der Waals surface area contributed by atoms with Gasteiger partial charge in [-0.05, 0) is 19.1 Å². The quantitative estimate of drug-likeness (QED) is 0.534. The van der Waals surface area contributed by atoms with Gasteiger partial charge in [0.1, 0.15) is 11.5 Å². The first kappa shape index (κ1) is 9.60. The van der Waals surface area contributed by atoms with Gasteiger partial charge in [-0.25, -0.2) is 10.3 Å². The van der Waals surface area contributed by atoms with Crippen molar-refractivity contribution in [1.82, 2.24) is 10.4 Å². The maximum Gasteiger partial charge on any atom is 0.341 e. The van der Waals surface area contributed by atoms with Crippen LogP contribution in [0.4, 0.5) is 4.79 Å². The zero-order valence-corrected chi connectivity index (χ0v) is 7.57. The molecular formula is C8H12N2O3. The van der Waals surface area contributed by atoms with Crippen LogP contribution in [0.3, 0.4) is 0 Å². The number of hydrogen-bond acceptors (Lipinski definition) is 3. The van der Waals surface area contributed by atoms with Gasteiger partial charge in [0.2, 0.25) is 0 Å². The standard InChI is InChI=1S/C8H12N2O3/c1-6-3-4-7(13-6)5-10(2)8(11)9-12/h3-4,12H,5H2,1-2H3,(H,9,11). The van der Waals surface area contributed by atoms with Gasteiger partial charge in [0, 0.05) is 7.05 Å². The molecule has 2 N–H and O–H groups in total. The Morgan fingerprint density at radius 3 is 2.85 bits per heavy atom. The fourth-order valence-corrected chi connectivity index (χ4v) is 0.961. The minimum absolute atomic E-state index is 0.334. The molecule has 1 aromatic rings. The molecule has 0 aliphatic heterocycles. The predicted molar refractivity (Wildman–Crippen MR) is 45.2 cm³/mol. The molecule has 0 fully saturated rings. The molecule has 13 heavy (non-hydrogen) atoms. The van der Waals surface area contributed by atoms with E-state index in [0.29, 0.717) is 12.3 Å². The van der Waals surface area contributed by atoms with Crippen molar-refractivity contribution in [1.29, 1.82) is 0 Å². The fraction of sp³-hybridized carbons (Fsp3) is 0.375. The summed E-state index contributed by atoms with van der Waals surface area (Å²) in [5.41, 5.74) is 1.54. The van der Waals surface area contributed by atoms with Crippen LogP contribution in [0.25, 0.3) is 0 Å². The van der Waals surface area contributed by atoms with Crippen LogP contribution >= 0.6 is 0 Å². The molecule has 0 aromatic carbocycles. The lowest BCUT2D eigenvalue weighted by Crippen LogP contribution is -2.34. The van der Waals surface area contributed by atoms with E-state index in [4.69, 9.17) is 9.62 Å². The summed E-state index contributed by atoms with van der Waals surface area (Å²) in [4.78, 5) is 12.1. The number of nitrogens with zero attached hydrogens (tertiary/aromatic N) is 1. The third kappa shape index (κ3) is 2.48. The van der Waals surface area contributed by atoms with Gasteiger partial charge in [0.15, 0.2) is 0 Å². The lowest BCUT2D eigenvalue weighted by Gasteiger charge is -2.13. The second-order valence-electron chi connectivity index (χ2n) is 2.79. The highest BCUT2D eigenvalue weighted by Crippen LogP contribution is 2.08. The molecule has 5 nitrogen and oxygen atoms in total. The van der Waals surface area contributed by atoms with Gasteiger partial charge in [-0.3, -0.25) is 5.21 Å². The van der Waals surface area contributed by atoms with E-state index in [1.165, 1.54) is 10.4 Å². The summed E-state index contributed by atoms with van der Waals surface area (Å²) < 4.78 is 5.25. The Morgan fingerprint density at radius 1 is 1.69 bits per heavy atom. The molecule has 0 saturated heterocycles. The Balaban J connectivity index is 2.54. The molecule has 0 aliphatic rings. The van der Waals surface area contributed by atoms with Gasteiger partial charge >= 0.3 is 6.03 Å². The first-order chi connectivity index (χ1) is 6.13. The van der Waals surface area contributed by atoms with Crippen LogP contribution in [0.2, 0.25) is 0 Å². The Labute approximate surface area is 75.9 Å². The summed E-state index contributed by atoms with van der Waals surface area (Å²) in [5, 5.41) is 8.32. The van der Waals surface area contributed by atoms with Crippen molar-refractivity contribution in [2.75, 3.05) is 7.05 Å². The fourth-order valence-electron chi connectivity index (χ4n) is 0.961. The molecular weight excluding hydrogens is 172 g/mol. The number of aryl methyl sites for hydroxylation is 1. The summed E-state index contributed by atoms with van der Waals surface area (Å²) in [7, 11) is 1.56. The first-order valence-electron chi connectivity index (χ1n) is 3.84. The lowest BCUT2D eigenvalue weighted by molar-refractivity contribution is 0.132. The van der Waals surface area contributed by atoms with Crippen LogP contribution in [-0.2, 0) is 6.54 Å². The normalized spacial score (nSPS) is 9.77. The predicted octanol–water partition coefficient (Wildman–Crippen LogP) is 1.12. The minimum atomic E-state index is -0.561. The van der Waals surface area contributed by atoms with Crippen LogP contribution in [0.15, 0.2) is 16.5 Å². The molecule has 0 aliphatic carbocycles. The SMILES string of the molecule is Cc1ccc(CN(C)C(=O)NO)o1. The topological polar surface area (TPSA) is 65.7 Å². The zero-order valence-electron chi connectivity index (χ0n) is 7.57. The van der Waals surface area contributed by atoms with Gasteiger partial charge in [0.25, 0.3) is 0 Å². The maximum absolute atomic E-state index is 10.8. The van der Waals surface area contributed by atoms with Crippen molar-refractivity contribution < 1.29 is 14.4 Å². The monoisotopic (exact) mass is 184 g/mol. The second-order valence-corrected chi connectivity index (χ2v) is 2.79. The van der Waals surface area contributed by atoms with Crippen LogP contribution in [-0.4, -0.2) is 23.2 Å². The van der Waals surface area contributed by atoms with Crippen molar-refractivity contribution in [3.63, 3.8) is 0 Å². The van der Waals surface area contributed by atoms with Crippen molar-refractivity contribution in [3.05, 3.63) is 23.7 Å². The highest BCUT2D eigenvalue weighted by Gasteiger charge is 2.09. The summed E-state index contributed by atoms with van der Waals surface area (Å²) >= 11 is 0. The van der Waals surface area contributed by atoms with Gasteiger partial charge < -0.3 is 9.32 Å². The minimum Gasteiger partial charge on any atom is -0.464 e. The average Bonchev–Trinajstić information content (AvgIpc) is 2.49. The molecule has 2 amide bonds. The highest BCUT2D eigenvalue weighted by molar-refractivity contribution is 5.72. The van der Waals surface area contributed by atoms with E-state index in [1.807, 2.05) is 13.0 Å². The van der Waals surface area contributed by atoms with Crippen LogP contribution < -0.4 is 5.48 Å². The van der Waals surface area contributed by atoms with E-state index in [-0.39, 0.29) is 0 Å². The van der Waals surface area contributed by atoms with E-state index < -0.39 is 6.03 Å². The molecule has 0 bridgehead atoms. The number of carbonyl (C=O) groups is 1. The van der Waals surface area contributed by atoms with Gasteiger partial charge in [-0.1, -0.05) is 0 Å².